The third-order valence-electron chi connectivity index (χ3n) is 5.40. The molecule has 0 aliphatic carbocycles. The van der Waals surface area contributed by atoms with Gasteiger partial charge in [0, 0.05) is 31.9 Å². The van der Waals surface area contributed by atoms with Gasteiger partial charge < -0.3 is 15.0 Å². The number of benzene rings is 2. The molecular weight excluding hydrogens is 378 g/mol. The van der Waals surface area contributed by atoms with Gasteiger partial charge in [-0.1, -0.05) is 24.3 Å². The van der Waals surface area contributed by atoms with Crippen LogP contribution in [0.25, 0.3) is 0 Å². The maximum atomic E-state index is 12.5. The highest BCUT2D eigenvalue weighted by Gasteiger charge is 2.23. The summed E-state index contributed by atoms with van der Waals surface area (Å²) in [4.78, 5) is 28.8. The molecule has 0 atom stereocenters. The van der Waals surface area contributed by atoms with E-state index in [0.29, 0.717) is 32.7 Å². The fraction of sp³-hybridized carbons (Fsp3) is 0.417. The maximum Gasteiger partial charge on any atom is 0.260 e. The molecule has 0 saturated carbocycles. The van der Waals surface area contributed by atoms with Crippen molar-refractivity contribution in [3.8, 4) is 5.75 Å². The Labute approximate surface area is 178 Å². The third kappa shape index (κ3) is 5.83. The number of anilines is 1. The van der Waals surface area contributed by atoms with Crippen molar-refractivity contribution in [3.63, 3.8) is 0 Å². The van der Waals surface area contributed by atoms with Crippen molar-refractivity contribution in [2.45, 2.75) is 27.7 Å². The Hall–Kier alpha value is -2.86. The summed E-state index contributed by atoms with van der Waals surface area (Å²) in [6.45, 7) is 10.9. The fourth-order valence-corrected chi connectivity index (χ4v) is 3.80. The van der Waals surface area contributed by atoms with E-state index in [9.17, 15) is 9.59 Å². The summed E-state index contributed by atoms with van der Waals surface area (Å²) < 4.78 is 5.69. The van der Waals surface area contributed by atoms with E-state index in [2.05, 4.69) is 16.3 Å². The van der Waals surface area contributed by atoms with Gasteiger partial charge in [0.05, 0.1) is 6.54 Å². The first-order chi connectivity index (χ1) is 14.3. The lowest BCUT2D eigenvalue weighted by Gasteiger charge is -2.34. The molecule has 1 fully saturated rings. The van der Waals surface area contributed by atoms with Crippen molar-refractivity contribution < 1.29 is 14.3 Å². The van der Waals surface area contributed by atoms with Gasteiger partial charge in [-0.25, -0.2) is 0 Å². The number of hydrogen-bond donors (Lipinski definition) is 1. The first-order valence-corrected chi connectivity index (χ1v) is 10.4. The van der Waals surface area contributed by atoms with Gasteiger partial charge in [0.2, 0.25) is 5.91 Å². The van der Waals surface area contributed by atoms with Crippen LogP contribution >= 0.6 is 0 Å². The van der Waals surface area contributed by atoms with E-state index >= 15 is 0 Å². The number of nitrogens with one attached hydrogen (secondary N) is 1. The molecule has 160 valence electrons. The predicted molar refractivity (Wildman–Crippen MR) is 119 cm³/mol. The largest absolute Gasteiger partial charge is 0.484 e. The number of hydrogen-bond acceptors (Lipinski definition) is 4. The normalized spacial score (nSPS) is 14.5. The average Bonchev–Trinajstić information content (AvgIpc) is 2.69. The molecule has 6 heteroatoms. The van der Waals surface area contributed by atoms with E-state index in [1.807, 2.05) is 62.9 Å². The Morgan fingerprint density at radius 1 is 0.933 bits per heavy atom. The Bertz CT molecular complexity index is 877. The summed E-state index contributed by atoms with van der Waals surface area (Å²) in [5, 5.41) is 3.03. The molecular formula is C24H31N3O3. The molecule has 2 amide bonds. The number of aryl methyl sites for hydroxylation is 4. The number of nitrogens with zero attached hydrogens (tertiary/aromatic N) is 2. The lowest BCUT2D eigenvalue weighted by molar-refractivity contribution is -0.135. The van der Waals surface area contributed by atoms with Crippen molar-refractivity contribution in [2.75, 3.05) is 44.6 Å². The van der Waals surface area contributed by atoms with E-state index in [4.69, 9.17) is 4.74 Å². The van der Waals surface area contributed by atoms with Crippen molar-refractivity contribution in [1.82, 2.24) is 9.80 Å². The van der Waals surface area contributed by atoms with Crippen LogP contribution in [0.3, 0.4) is 0 Å². The number of piperazine rings is 1. The number of carbonyl (C=O) groups is 2. The van der Waals surface area contributed by atoms with Crippen LogP contribution in [0.4, 0.5) is 5.69 Å². The van der Waals surface area contributed by atoms with Crippen LogP contribution in [-0.2, 0) is 9.59 Å². The monoisotopic (exact) mass is 409 g/mol. The summed E-state index contributed by atoms with van der Waals surface area (Å²) in [7, 11) is 0. The summed E-state index contributed by atoms with van der Waals surface area (Å²) in [5.41, 5.74) is 5.24. The Kier molecular flexibility index (Phi) is 7.11. The van der Waals surface area contributed by atoms with Gasteiger partial charge >= 0.3 is 0 Å². The minimum Gasteiger partial charge on any atom is -0.484 e. The zero-order valence-electron chi connectivity index (χ0n) is 18.3. The smallest absolute Gasteiger partial charge is 0.260 e. The topological polar surface area (TPSA) is 61.9 Å². The SMILES string of the molecule is Cc1cc(C)cc(OCC(=O)N2CCN(CC(=O)Nc3c(C)cccc3C)CC2)c1. The summed E-state index contributed by atoms with van der Waals surface area (Å²) in [5.74, 6) is 0.682. The first kappa shape index (κ1) is 21.8. The minimum absolute atomic E-state index is 0.0196. The standard InChI is InChI=1S/C24H31N3O3/c1-17-12-18(2)14-21(13-17)30-16-23(29)27-10-8-26(9-11-27)15-22(28)25-24-19(3)6-5-7-20(24)4/h5-7,12-14H,8-11,15-16H2,1-4H3,(H,25,28). The van der Waals surface area contributed by atoms with E-state index in [0.717, 1.165) is 33.7 Å². The molecule has 6 nitrogen and oxygen atoms in total. The van der Waals surface area contributed by atoms with Crippen LogP contribution in [0.15, 0.2) is 36.4 Å². The quantitative estimate of drug-likeness (QED) is 0.797. The molecule has 1 saturated heterocycles. The van der Waals surface area contributed by atoms with Crippen LogP contribution < -0.4 is 10.1 Å². The molecule has 3 rings (SSSR count). The minimum atomic E-state index is -0.0228. The van der Waals surface area contributed by atoms with Crippen LogP contribution in [0, 0.1) is 27.7 Å². The predicted octanol–water partition coefficient (Wildman–Crippen LogP) is 3.08. The molecule has 1 aliphatic heterocycles. The van der Waals surface area contributed by atoms with Crippen LogP contribution in [0.1, 0.15) is 22.3 Å². The highest BCUT2D eigenvalue weighted by Crippen LogP contribution is 2.19. The molecule has 0 aromatic heterocycles. The van der Waals surface area contributed by atoms with Gasteiger partial charge in [-0.3, -0.25) is 14.5 Å². The Morgan fingerprint density at radius 3 is 2.13 bits per heavy atom. The van der Waals surface area contributed by atoms with Gasteiger partial charge in [-0.2, -0.15) is 0 Å². The van der Waals surface area contributed by atoms with Gasteiger partial charge in [0.15, 0.2) is 6.61 Å². The van der Waals surface area contributed by atoms with Crippen LogP contribution in [-0.4, -0.2) is 60.9 Å². The van der Waals surface area contributed by atoms with E-state index < -0.39 is 0 Å². The van der Waals surface area contributed by atoms with E-state index in [1.165, 1.54) is 0 Å². The molecule has 1 aliphatic rings. The lowest BCUT2D eigenvalue weighted by atomic mass is 10.1. The van der Waals surface area contributed by atoms with E-state index in [-0.39, 0.29) is 18.4 Å². The lowest BCUT2D eigenvalue weighted by Crippen LogP contribution is -2.51. The summed E-state index contributed by atoms with van der Waals surface area (Å²) in [6, 6.07) is 11.9. The molecule has 2 aromatic carbocycles. The van der Waals surface area contributed by atoms with Gasteiger partial charge in [0.1, 0.15) is 5.75 Å². The number of amides is 2. The third-order valence-corrected chi connectivity index (χ3v) is 5.40. The van der Waals surface area contributed by atoms with Gasteiger partial charge in [0.25, 0.3) is 5.91 Å². The second kappa shape index (κ2) is 9.76. The first-order valence-electron chi connectivity index (χ1n) is 10.4. The van der Waals surface area contributed by atoms with Crippen molar-refractivity contribution in [1.29, 1.82) is 0 Å². The molecule has 0 unspecified atom stereocenters. The molecule has 1 N–H and O–H groups in total. The second-order valence-electron chi connectivity index (χ2n) is 8.08. The van der Waals surface area contributed by atoms with Crippen molar-refractivity contribution in [3.05, 3.63) is 58.7 Å². The zero-order valence-corrected chi connectivity index (χ0v) is 18.3. The Balaban J connectivity index is 1.44. The average molecular weight is 410 g/mol. The molecule has 30 heavy (non-hydrogen) atoms. The van der Waals surface area contributed by atoms with Crippen LogP contribution in [0.5, 0.6) is 5.75 Å². The molecule has 0 spiro atoms. The van der Waals surface area contributed by atoms with E-state index in [1.54, 1.807) is 0 Å². The molecule has 2 aromatic rings. The molecule has 1 heterocycles. The summed E-state index contributed by atoms with van der Waals surface area (Å²) in [6.07, 6.45) is 0. The highest BCUT2D eigenvalue weighted by molar-refractivity contribution is 5.93. The highest BCUT2D eigenvalue weighted by atomic mass is 16.5. The zero-order chi connectivity index (χ0) is 21.7. The van der Waals surface area contributed by atoms with Gasteiger partial charge in [-0.15, -0.1) is 0 Å². The molecule has 0 radical (unpaired) electrons. The van der Waals surface area contributed by atoms with Crippen LogP contribution in [0.2, 0.25) is 0 Å². The number of ether oxygens (including phenoxy) is 1. The van der Waals surface area contributed by atoms with Crippen molar-refractivity contribution in [2.24, 2.45) is 0 Å². The number of rotatable bonds is 6. The number of carbonyl (C=O) groups excluding carboxylic acids is 2. The molecule has 0 bridgehead atoms. The van der Waals surface area contributed by atoms with Crippen molar-refractivity contribution >= 4 is 17.5 Å². The fourth-order valence-electron chi connectivity index (χ4n) is 3.80. The summed E-state index contributed by atoms with van der Waals surface area (Å²) >= 11 is 0. The maximum absolute atomic E-state index is 12.5. The number of para-hydroxylation sites is 1. The second-order valence-corrected chi connectivity index (χ2v) is 8.08. The van der Waals surface area contributed by atoms with Gasteiger partial charge in [-0.05, 0) is 62.1 Å². The Morgan fingerprint density at radius 2 is 1.53 bits per heavy atom.